The van der Waals surface area contributed by atoms with Crippen molar-refractivity contribution in [2.24, 2.45) is 0 Å². The van der Waals surface area contributed by atoms with Gasteiger partial charge in [-0.3, -0.25) is 4.79 Å². The van der Waals surface area contributed by atoms with Crippen LogP contribution in [-0.4, -0.2) is 29.5 Å². The van der Waals surface area contributed by atoms with Crippen molar-refractivity contribution in [3.8, 4) is 17.2 Å². The third kappa shape index (κ3) is 2.07. The Balaban J connectivity index is 1.99. The van der Waals surface area contributed by atoms with E-state index >= 15 is 0 Å². The standard InChI is InChI=1S/C17H12F3NO5/c18-17(19,20)9-3-1-2-8-14(9)21-15(24)16(8,6-22)10-4-12-13(5-11(10)23)26-7-25-12/h1-5,22-23H,6-7H2,(H,21,24). The van der Waals surface area contributed by atoms with E-state index < -0.39 is 41.1 Å². The number of phenols is 1. The topological polar surface area (TPSA) is 88.0 Å². The first-order valence-corrected chi connectivity index (χ1v) is 7.55. The molecule has 2 aromatic rings. The SMILES string of the molecule is O=C1Nc2c(C(F)(F)F)cccc2C1(CO)c1cc2c(cc1O)OCO2. The number of halogens is 3. The monoisotopic (exact) mass is 367 g/mol. The minimum absolute atomic E-state index is 0.0696. The first-order valence-electron chi connectivity index (χ1n) is 7.55. The fourth-order valence-corrected chi connectivity index (χ4v) is 3.40. The summed E-state index contributed by atoms with van der Waals surface area (Å²) in [6.45, 7) is -0.939. The van der Waals surface area contributed by atoms with Crippen LogP contribution in [0, 0.1) is 0 Å². The van der Waals surface area contributed by atoms with Gasteiger partial charge < -0.3 is 25.0 Å². The molecule has 0 fully saturated rings. The second kappa shape index (κ2) is 5.28. The maximum absolute atomic E-state index is 13.3. The lowest BCUT2D eigenvalue weighted by atomic mass is 9.75. The maximum Gasteiger partial charge on any atom is 0.418 e. The molecule has 1 unspecified atom stereocenters. The molecule has 0 radical (unpaired) electrons. The number of rotatable bonds is 2. The van der Waals surface area contributed by atoms with Gasteiger partial charge in [-0.2, -0.15) is 13.2 Å². The molecule has 6 nitrogen and oxygen atoms in total. The summed E-state index contributed by atoms with van der Waals surface area (Å²) >= 11 is 0. The highest BCUT2D eigenvalue weighted by Gasteiger charge is 2.52. The van der Waals surface area contributed by atoms with Crippen molar-refractivity contribution in [1.29, 1.82) is 0 Å². The quantitative estimate of drug-likeness (QED) is 0.759. The molecule has 26 heavy (non-hydrogen) atoms. The number of ether oxygens (including phenoxy) is 2. The Hall–Kier alpha value is -2.94. The summed E-state index contributed by atoms with van der Waals surface area (Å²) in [5.41, 5.74) is -3.51. The van der Waals surface area contributed by atoms with Crippen LogP contribution in [-0.2, 0) is 16.4 Å². The third-order valence-corrected chi connectivity index (χ3v) is 4.64. The van der Waals surface area contributed by atoms with Crippen LogP contribution in [0.3, 0.4) is 0 Å². The summed E-state index contributed by atoms with van der Waals surface area (Å²) in [5, 5.41) is 22.6. The second-order valence-corrected chi connectivity index (χ2v) is 5.97. The van der Waals surface area contributed by atoms with E-state index in [0.29, 0.717) is 0 Å². The average Bonchev–Trinajstić information content (AvgIpc) is 3.14. The van der Waals surface area contributed by atoms with Crippen molar-refractivity contribution in [1.82, 2.24) is 0 Å². The van der Waals surface area contributed by atoms with E-state index in [1.54, 1.807) is 0 Å². The van der Waals surface area contributed by atoms with Gasteiger partial charge in [0.2, 0.25) is 12.7 Å². The van der Waals surface area contributed by atoms with Crippen molar-refractivity contribution < 1.29 is 37.7 Å². The molecule has 0 bridgehead atoms. The van der Waals surface area contributed by atoms with Crippen LogP contribution in [0.4, 0.5) is 18.9 Å². The number of amides is 1. The number of fused-ring (bicyclic) bond motifs is 2. The van der Waals surface area contributed by atoms with E-state index in [1.165, 1.54) is 18.2 Å². The Kier molecular flexibility index (Phi) is 3.35. The summed E-state index contributed by atoms with van der Waals surface area (Å²) in [5.74, 6) is -0.814. The zero-order chi connectivity index (χ0) is 18.7. The summed E-state index contributed by atoms with van der Waals surface area (Å²) < 4.78 is 50.2. The number of aliphatic hydroxyl groups excluding tert-OH is 1. The molecule has 2 aromatic carbocycles. The van der Waals surface area contributed by atoms with Gasteiger partial charge in [0.1, 0.15) is 11.2 Å². The number of hydrogen-bond acceptors (Lipinski definition) is 5. The lowest BCUT2D eigenvalue weighted by Crippen LogP contribution is -2.39. The van der Waals surface area contributed by atoms with Gasteiger partial charge in [0, 0.05) is 11.6 Å². The van der Waals surface area contributed by atoms with Gasteiger partial charge in [-0.25, -0.2) is 0 Å². The molecule has 136 valence electrons. The minimum Gasteiger partial charge on any atom is -0.507 e. The highest BCUT2D eigenvalue weighted by Crippen LogP contribution is 2.51. The molecule has 9 heteroatoms. The highest BCUT2D eigenvalue weighted by molar-refractivity contribution is 6.10. The van der Waals surface area contributed by atoms with Gasteiger partial charge in [-0.1, -0.05) is 12.1 Å². The fraction of sp³-hybridized carbons (Fsp3) is 0.235. The predicted octanol–water partition coefficient (Wildman–Crippen LogP) is 2.37. The van der Waals surface area contributed by atoms with Crippen LogP contribution < -0.4 is 14.8 Å². The van der Waals surface area contributed by atoms with Crippen LogP contribution in [0.15, 0.2) is 30.3 Å². The molecule has 2 heterocycles. The summed E-state index contributed by atoms with van der Waals surface area (Å²) in [6, 6.07) is 5.79. The third-order valence-electron chi connectivity index (χ3n) is 4.64. The van der Waals surface area contributed by atoms with Crippen molar-refractivity contribution in [2.45, 2.75) is 11.6 Å². The molecular weight excluding hydrogens is 355 g/mol. The van der Waals surface area contributed by atoms with Crippen LogP contribution in [0.5, 0.6) is 17.2 Å². The van der Waals surface area contributed by atoms with Crippen molar-refractivity contribution in [2.75, 3.05) is 18.7 Å². The van der Waals surface area contributed by atoms with Crippen molar-refractivity contribution in [3.05, 3.63) is 47.0 Å². The number of carbonyl (C=O) groups is 1. The Morgan fingerprint density at radius 3 is 2.50 bits per heavy atom. The number of aliphatic hydroxyl groups is 1. The number of carbonyl (C=O) groups excluding carboxylic acids is 1. The zero-order valence-electron chi connectivity index (χ0n) is 13.1. The van der Waals surface area contributed by atoms with Crippen molar-refractivity contribution in [3.63, 3.8) is 0 Å². The number of alkyl halides is 3. The highest BCUT2D eigenvalue weighted by atomic mass is 19.4. The van der Waals surface area contributed by atoms with Gasteiger partial charge in [-0.15, -0.1) is 0 Å². The molecule has 2 aliphatic rings. The Morgan fingerprint density at radius 2 is 1.85 bits per heavy atom. The molecule has 0 aromatic heterocycles. The molecule has 1 atom stereocenters. The minimum atomic E-state index is -4.69. The van der Waals surface area contributed by atoms with Crippen LogP contribution in [0.2, 0.25) is 0 Å². The van der Waals surface area contributed by atoms with Gasteiger partial charge >= 0.3 is 6.18 Å². The van der Waals surface area contributed by atoms with E-state index in [2.05, 4.69) is 5.32 Å². The van der Waals surface area contributed by atoms with E-state index in [1.807, 2.05) is 0 Å². The summed E-state index contributed by atoms with van der Waals surface area (Å²) in [4.78, 5) is 12.7. The summed E-state index contributed by atoms with van der Waals surface area (Å²) in [7, 11) is 0. The molecule has 1 amide bonds. The van der Waals surface area contributed by atoms with Gasteiger partial charge in [0.05, 0.1) is 17.9 Å². The van der Waals surface area contributed by atoms with E-state index in [-0.39, 0.29) is 29.4 Å². The Morgan fingerprint density at radius 1 is 1.15 bits per heavy atom. The molecule has 4 rings (SSSR count). The number of phenolic OH excluding ortho intramolecular Hbond substituents is 1. The first kappa shape index (κ1) is 16.5. The molecule has 0 aliphatic carbocycles. The second-order valence-electron chi connectivity index (χ2n) is 5.97. The first-order chi connectivity index (χ1) is 12.3. The molecule has 0 spiro atoms. The average molecular weight is 367 g/mol. The number of hydrogen-bond donors (Lipinski definition) is 3. The molecule has 2 aliphatic heterocycles. The number of benzene rings is 2. The van der Waals surface area contributed by atoms with Crippen LogP contribution in [0.25, 0.3) is 0 Å². The molecule has 0 saturated heterocycles. The van der Waals surface area contributed by atoms with E-state index in [0.717, 1.165) is 12.1 Å². The van der Waals surface area contributed by atoms with Gasteiger partial charge in [0.25, 0.3) is 0 Å². The predicted molar refractivity (Wildman–Crippen MR) is 82.2 cm³/mol. The Labute approximate surface area is 144 Å². The van der Waals surface area contributed by atoms with E-state index in [9.17, 15) is 28.2 Å². The normalized spacial score (nSPS) is 20.8. The lowest BCUT2D eigenvalue weighted by molar-refractivity contribution is -0.136. The summed E-state index contributed by atoms with van der Waals surface area (Å²) in [6.07, 6.45) is -4.69. The fourth-order valence-electron chi connectivity index (χ4n) is 3.40. The van der Waals surface area contributed by atoms with Crippen molar-refractivity contribution >= 4 is 11.6 Å². The molecule has 3 N–H and O–H groups in total. The Bertz CT molecular complexity index is 927. The van der Waals surface area contributed by atoms with Gasteiger partial charge in [0.15, 0.2) is 11.5 Å². The molecular formula is C17H12F3NO5. The van der Waals surface area contributed by atoms with Gasteiger partial charge in [-0.05, 0) is 17.7 Å². The zero-order valence-corrected chi connectivity index (χ0v) is 13.1. The number of nitrogens with one attached hydrogen (secondary N) is 1. The largest absolute Gasteiger partial charge is 0.507 e. The molecule has 0 saturated carbocycles. The number of para-hydroxylation sites is 1. The smallest absolute Gasteiger partial charge is 0.418 e. The maximum atomic E-state index is 13.3. The van der Waals surface area contributed by atoms with E-state index in [4.69, 9.17) is 9.47 Å². The number of anilines is 1. The number of aromatic hydroxyl groups is 1. The lowest BCUT2D eigenvalue weighted by Gasteiger charge is -2.26. The van der Waals surface area contributed by atoms with Crippen LogP contribution >= 0.6 is 0 Å². The van der Waals surface area contributed by atoms with Crippen LogP contribution in [0.1, 0.15) is 16.7 Å².